The van der Waals surface area contributed by atoms with Gasteiger partial charge in [-0.05, 0) is 37.1 Å². The summed E-state index contributed by atoms with van der Waals surface area (Å²) in [4.78, 5) is 0. The summed E-state index contributed by atoms with van der Waals surface area (Å²) in [5.74, 6) is 0.824. The Hall–Kier alpha value is -0.330. The Labute approximate surface area is 147 Å². The predicted molar refractivity (Wildman–Crippen MR) is 94.0 cm³/mol. The molecule has 0 bridgehead atoms. The van der Waals surface area contributed by atoms with Crippen LogP contribution in [0, 0.1) is 0 Å². The number of ether oxygens (including phenoxy) is 2. The van der Waals surface area contributed by atoms with E-state index in [1.54, 1.807) is 0 Å². The Morgan fingerprint density at radius 2 is 1.86 bits per heavy atom. The molecular weight excluding hydrogens is 370 g/mol. The van der Waals surface area contributed by atoms with Gasteiger partial charge >= 0.3 is 0 Å². The van der Waals surface area contributed by atoms with Crippen LogP contribution in [0.5, 0.6) is 5.75 Å². The summed E-state index contributed by atoms with van der Waals surface area (Å²) in [6.07, 6.45) is 4.62. The fourth-order valence-corrected chi connectivity index (χ4v) is 2.72. The van der Waals surface area contributed by atoms with E-state index in [-0.39, 0.29) is 12.4 Å². The van der Waals surface area contributed by atoms with Crippen LogP contribution < -0.4 is 10.1 Å². The van der Waals surface area contributed by atoms with Crippen molar-refractivity contribution in [2.24, 2.45) is 0 Å². The Morgan fingerprint density at radius 3 is 2.55 bits per heavy atom. The maximum absolute atomic E-state index is 9.82. The van der Waals surface area contributed by atoms with Crippen LogP contribution in [0.3, 0.4) is 0 Å². The average Bonchev–Trinajstić information content (AvgIpc) is 3.00. The van der Waals surface area contributed by atoms with E-state index in [1.165, 1.54) is 25.7 Å². The summed E-state index contributed by atoms with van der Waals surface area (Å²) < 4.78 is 12.0. The van der Waals surface area contributed by atoms with Gasteiger partial charge in [0.1, 0.15) is 12.4 Å². The molecule has 0 aromatic heterocycles. The fraction of sp³-hybridized carbons (Fsp3) is 0.625. The van der Waals surface area contributed by atoms with Crippen molar-refractivity contribution in [1.29, 1.82) is 0 Å². The van der Waals surface area contributed by atoms with E-state index >= 15 is 0 Å². The van der Waals surface area contributed by atoms with Crippen LogP contribution in [0.25, 0.3) is 0 Å². The second kappa shape index (κ2) is 11.2. The van der Waals surface area contributed by atoms with Crippen LogP contribution in [0.4, 0.5) is 0 Å². The standard InChI is InChI=1S/C16H24BrNO3.ClH/c17-13-5-7-16(8-6-13)21-10-9-20-12-15(19)11-18-14-3-1-2-4-14;/h5-8,14-15,18-19H,1-4,9-12H2;1H/t15-;/m0./s1. The third-order valence-electron chi connectivity index (χ3n) is 3.62. The maximum atomic E-state index is 9.82. The molecule has 2 N–H and O–H groups in total. The van der Waals surface area contributed by atoms with Crippen molar-refractivity contribution < 1.29 is 14.6 Å². The van der Waals surface area contributed by atoms with Gasteiger partial charge < -0.3 is 19.9 Å². The third-order valence-corrected chi connectivity index (χ3v) is 4.15. The molecule has 0 saturated heterocycles. The van der Waals surface area contributed by atoms with Crippen molar-refractivity contribution in [3.8, 4) is 5.75 Å². The molecule has 126 valence electrons. The van der Waals surface area contributed by atoms with Crippen LogP contribution >= 0.6 is 28.3 Å². The number of benzene rings is 1. The van der Waals surface area contributed by atoms with Crippen LogP contribution in [0.2, 0.25) is 0 Å². The minimum atomic E-state index is -0.446. The van der Waals surface area contributed by atoms with Crippen molar-refractivity contribution in [1.82, 2.24) is 5.32 Å². The second-order valence-corrected chi connectivity index (χ2v) is 6.34. The molecule has 0 spiro atoms. The van der Waals surface area contributed by atoms with Gasteiger partial charge in [-0.15, -0.1) is 12.4 Å². The molecule has 0 amide bonds. The van der Waals surface area contributed by atoms with E-state index in [0.717, 1.165) is 10.2 Å². The molecule has 0 aliphatic heterocycles. The van der Waals surface area contributed by atoms with Crippen LogP contribution in [-0.2, 0) is 4.74 Å². The quantitative estimate of drug-likeness (QED) is 0.632. The van der Waals surface area contributed by atoms with Crippen LogP contribution in [-0.4, -0.2) is 43.6 Å². The van der Waals surface area contributed by atoms with Gasteiger partial charge in [0.05, 0.1) is 19.3 Å². The molecule has 1 aliphatic carbocycles. The van der Waals surface area contributed by atoms with Crippen molar-refractivity contribution in [2.75, 3.05) is 26.4 Å². The zero-order chi connectivity index (χ0) is 14.9. The lowest BCUT2D eigenvalue weighted by molar-refractivity contribution is 0.0241. The van der Waals surface area contributed by atoms with Crippen LogP contribution in [0.15, 0.2) is 28.7 Å². The molecule has 1 aromatic rings. The molecule has 6 heteroatoms. The van der Waals surface area contributed by atoms with Crippen LogP contribution in [0.1, 0.15) is 25.7 Å². The van der Waals surface area contributed by atoms with Gasteiger partial charge in [0.2, 0.25) is 0 Å². The first-order valence-corrected chi connectivity index (χ1v) is 8.41. The number of hydrogen-bond acceptors (Lipinski definition) is 4. The summed E-state index contributed by atoms with van der Waals surface area (Å²) in [7, 11) is 0. The summed E-state index contributed by atoms with van der Waals surface area (Å²) in [5, 5.41) is 13.2. The summed E-state index contributed by atoms with van der Waals surface area (Å²) in [6.45, 7) is 1.93. The number of halogens is 2. The van der Waals surface area contributed by atoms with E-state index in [1.807, 2.05) is 24.3 Å². The van der Waals surface area contributed by atoms with Gasteiger partial charge in [0.25, 0.3) is 0 Å². The molecule has 1 fully saturated rings. The van der Waals surface area contributed by atoms with Crippen molar-refractivity contribution in [3.63, 3.8) is 0 Å². The third kappa shape index (κ3) is 7.79. The number of aliphatic hydroxyl groups excluding tert-OH is 1. The van der Waals surface area contributed by atoms with Gasteiger partial charge in [-0.25, -0.2) is 0 Å². The molecule has 2 rings (SSSR count). The molecule has 1 aromatic carbocycles. The Balaban J connectivity index is 0.00000242. The van der Waals surface area contributed by atoms with Crippen molar-refractivity contribution in [2.45, 2.75) is 37.8 Å². The largest absolute Gasteiger partial charge is 0.491 e. The Bertz CT molecular complexity index is 399. The molecule has 0 unspecified atom stereocenters. The molecular formula is C16H25BrClNO3. The van der Waals surface area contributed by atoms with Gasteiger partial charge in [-0.2, -0.15) is 0 Å². The highest BCUT2D eigenvalue weighted by atomic mass is 79.9. The first-order chi connectivity index (χ1) is 10.2. The monoisotopic (exact) mass is 393 g/mol. The lowest BCUT2D eigenvalue weighted by Gasteiger charge is -2.16. The lowest BCUT2D eigenvalue weighted by atomic mass is 10.2. The second-order valence-electron chi connectivity index (χ2n) is 5.42. The Morgan fingerprint density at radius 1 is 1.18 bits per heavy atom. The van der Waals surface area contributed by atoms with E-state index < -0.39 is 6.10 Å². The molecule has 0 heterocycles. The molecule has 1 aliphatic rings. The molecule has 1 atom stereocenters. The first-order valence-electron chi connectivity index (χ1n) is 7.61. The average molecular weight is 395 g/mol. The highest BCUT2D eigenvalue weighted by molar-refractivity contribution is 9.10. The number of nitrogens with one attached hydrogen (secondary N) is 1. The molecule has 4 nitrogen and oxygen atoms in total. The molecule has 1 saturated carbocycles. The fourth-order valence-electron chi connectivity index (χ4n) is 2.46. The highest BCUT2D eigenvalue weighted by Gasteiger charge is 2.15. The smallest absolute Gasteiger partial charge is 0.119 e. The van der Waals surface area contributed by atoms with E-state index in [9.17, 15) is 5.11 Å². The van der Waals surface area contributed by atoms with E-state index in [0.29, 0.717) is 32.4 Å². The summed E-state index contributed by atoms with van der Waals surface area (Å²) in [6, 6.07) is 8.28. The van der Waals surface area contributed by atoms with E-state index in [2.05, 4.69) is 21.2 Å². The minimum Gasteiger partial charge on any atom is -0.491 e. The number of hydrogen-bond donors (Lipinski definition) is 2. The van der Waals surface area contributed by atoms with Gasteiger partial charge in [0, 0.05) is 17.1 Å². The normalized spacial score (nSPS) is 16.3. The first kappa shape index (κ1) is 19.7. The number of aliphatic hydroxyl groups is 1. The lowest BCUT2D eigenvalue weighted by Crippen LogP contribution is -2.36. The van der Waals surface area contributed by atoms with Crippen molar-refractivity contribution in [3.05, 3.63) is 28.7 Å². The topological polar surface area (TPSA) is 50.7 Å². The zero-order valence-corrected chi connectivity index (χ0v) is 15.1. The summed E-state index contributed by atoms with van der Waals surface area (Å²) in [5.41, 5.74) is 0. The SMILES string of the molecule is Cl.O[C@@H](CNC1CCCC1)COCCOc1ccc(Br)cc1. The zero-order valence-electron chi connectivity index (χ0n) is 12.7. The van der Waals surface area contributed by atoms with E-state index in [4.69, 9.17) is 9.47 Å². The predicted octanol–water partition coefficient (Wildman–Crippen LogP) is 3.16. The van der Waals surface area contributed by atoms with Gasteiger partial charge in [0.15, 0.2) is 0 Å². The minimum absolute atomic E-state index is 0. The highest BCUT2D eigenvalue weighted by Crippen LogP contribution is 2.17. The maximum Gasteiger partial charge on any atom is 0.119 e. The molecule has 22 heavy (non-hydrogen) atoms. The van der Waals surface area contributed by atoms with Gasteiger partial charge in [-0.1, -0.05) is 28.8 Å². The Kier molecular flexibility index (Phi) is 10.1. The van der Waals surface area contributed by atoms with Crippen molar-refractivity contribution >= 4 is 28.3 Å². The molecule has 0 radical (unpaired) electrons. The van der Waals surface area contributed by atoms with Gasteiger partial charge in [-0.3, -0.25) is 0 Å². The number of rotatable bonds is 9. The summed E-state index contributed by atoms with van der Waals surface area (Å²) >= 11 is 3.38.